The molecule has 2 aromatic carbocycles. The first-order valence-electron chi connectivity index (χ1n) is 12.5. The highest BCUT2D eigenvalue weighted by Crippen LogP contribution is 2.31. The molecule has 1 aliphatic rings. The van der Waals surface area contributed by atoms with Gasteiger partial charge in [0.05, 0.1) is 19.1 Å². The molecule has 37 heavy (non-hydrogen) atoms. The fourth-order valence-corrected chi connectivity index (χ4v) is 5.40. The lowest BCUT2D eigenvalue weighted by molar-refractivity contribution is -0.139. The van der Waals surface area contributed by atoms with Crippen LogP contribution in [0.4, 0.5) is 10.1 Å². The van der Waals surface area contributed by atoms with Crippen molar-refractivity contribution >= 4 is 27.5 Å². The predicted octanol–water partition coefficient (Wildman–Crippen LogP) is 3.77. The fourth-order valence-electron chi connectivity index (χ4n) is 4.55. The number of ether oxygens (including phenoxy) is 1. The quantitative estimate of drug-likeness (QED) is 0.502. The zero-order chi connectivity index (χ0) is 27.2. The predicted molar refractivity (Wildman–Crippen MR) is 141 cm³/mol. The summed E-state index contributed by atoms with van der Waals surface area (Å²) in [4.78, 5) is 28.1. The second-order valence-electron chi connectivity index (χ2n) is 9.58. The standard InChI is InChI=1S/C27H36FN3O5S/c1-19-14-15-25(36-3)24(16-19)31(37(4,34)35)18-26(32)30(17-21-10-8-9-13-23(21)28)20(2)27(33)29-22-11-6-5-7-12-22/h8-10,13-16,20,22H,5-7,11-12,17-18H2,1-4H3,(H,29,33)/t20-/m0/s1. The van der Waals surface area contributed by atoms with Gasteiger partial charge in [0, 0.05) is 18.2 Å². The Morgan fingerprint density at radius 1 is 1.14 bits per heavy atom. The molecular weight excluding hydrogens is 497 g/mol. The number of hydrogen-bond donors (Lipinski definition) is 1. The first-order chi connectivity index (χ1) is 17.5. The second-order valence-corrected chi connectivity index (χ2v) is 11.5. The van der Waals surface area contributed by atoms with Crippen LogP contribution >= 0.6 is 0 Å². The molecule has 1 fully saturated rings. The molecule has 1 saturated carbocycles. The summed E-state index contributed by atoms with van der Waals surface area (Å²) in [5, 5.41) is 3.02. The molecule has 0 spiro atoms. The molecule has 0 unspecified atom stereocenters. The molecule has 0 aromatic heterocycles. The molecule has 2 aromatic rings. The van der Waals surface area contributed by atoms with Crippen molar-refractivity contribution in [3.05, 3.63) is 59.4 Å². The summed E-state index contributed by atoms with van der Waals surface area (Å²) in [6.45, 7) is 2.61. The lowest BCUT2D eigenvalue weighted by Gasteiger charge is -2.33. The van der Waals surface area contributed by atoms with Gasteiger partial charge in [-0.2, -0.15) is 0 Å². The molecule has 1 aliphatic carbocycles. The molecule has 2 amide bonds. The lowest BCUT2D eigenvalue weighted by Crippen LogP contribution is -2.53. The van der Waals surface area contributed by atoms with Crippen LogP contribution in [-0.4, -0.2) is 57.1 Å². The summed E-state index contributed by atoms with van der Waals surface area (Å²) in [5.74, 6) is -1.22. The van der Waals surface area contributed by atoms with Gasteiger partial charge in [0.1, 0.15) is 24.2 Å². The first kappa shape index (κ1) is 28.4. The number of carbonyl (C=O) groups is 2. The van der Waals surface area contributed by atoms with Gasteiger partial charge in [0.15, 0.2) is 0 Å². The van der Waals surface area contributed by atoms with Crippen molar-refractivity contribution < 1.29 is 27.1 Å². The summed E-state index contributed by atoms with van der Waals surface area (Å²) in [6.07, 6.45) is 5.92. The number of aryl methyl sites for hydroxylation is 1. The largest absolute Gasteiger partial charge is 0.495 e. The number of anilines is 1. The average Bonchev–Trinajstić information content (AvgIpc) is 2.86. The van der Waals surface area contributed by atoms with Crippen LogP contribution in [0.2, 0.25) is 0 Å². The first-order valence-corrected chi connectivity index (χ1v) is 14.3. The SMILES string of the molecule is COc1ccc(C)cc1N(CC(=O)N(Cc1ccccc1F)[C@@H](C)C(=O)NC1CCCCC1)S(C)(=O)=O. The van der Waals surface area contributed by atoms with Crippen molar-refractivity contribution in [1.29, 1.82) is 0 Å². The third kappa shape index (κ3) is 7.44. The minimum atomic E-state index is -3.91. The minimum Gasteiger partial charge on any atom is -0.495 e. The van der Waals surface area contributed by atoms with Crippen molar-refractivity contribution in [2.45, 2.75) is 64.6 Å². The van der Waals surface area contributed by atoms with Crippen LogP contribution in [0.15, 0.2) is 42.5 Å². The van der Waals surface area contributed by atoms with Crippen LogP contribution in [0, 0.1) is 12.7 Å². The van der Waals surface area contributed by atoms with Gasteiger partial charge in [-0.3, -0.25) is 13.9 Å². The number of sulfonamides is 1. The fraction of sp³-hybridized carbons (Fsp3) is 0.481. The third-order valence-corrected chi connectivity index (χ3v) is 7.83. The van der Waals surface area contributed by atoms with E-state index < -0.39 is 34.3 Å². The number of halogens is 1. The van der Waals surface area contributed by atoms with E-state index in [1.165, 1.54) is 18.1 Å². The van der Waals surface area contributed by atoms with Crippen molar-refractivity contribution in [2.75, 3.05) is 24.2 Å². The van der Waals surface area contributed by atoms with E-state index >= 15 is 0 Å². The lowest BCUT2D eigenvalue weighted by atomic mass is 9.95. The summed E-state index contributed by atoms with van der Waals surface area (Å²) in [6, 6.07) is 10.1. The normalized spacial score (nSPS) is 15.1. The van der Waals surface area contributed by atoms with Crippen molar-refractivity contribution in [3.63, 3.8) is 0 Å². The second kappa shape index (κ2) is 12.4. The maximum atomic E-state index is 14.5. The van der Waals surface area contributed by atoms with Gasteiger partial charge < -0.3 is 15.0 Å². The Morgan fingerprint density at radius 3 is 2.43 bits per heavy atom. The Balaban J connectivity index is 1.93. The summed E-state index contributed by atoms with van der Waals surface area (Å²) in [7, 11) is -2.50. The number of amides is 2. The number of methoxy groups -OCH3 is 1. The van der Waals surface area contributed by atoms with E-state index in [2.05, 4.69) is 5.32 Å². The number of nitrogens with one attached hydrogen (secondary N) is 1. The summed E-state index contributed by atoms with van der Waals surface area (Å²) >= 11 is 0. The molecule has 1 atom stereocenters. The highest BCUT2D eigenvalue weighted by atomic mass is 32.2. The van der Waals surface area contributed by atoms with Crippen molar-refractivity contribution in [3.8, 4) is 5.75 Å². The Hall–Kier alpha value is -3.14. The smallest absolute Gasteiger partial charge is 0.244 e. The molecule has 3 rings (SSSR count). The topological polar surface area (TPSA) is 96.0 Å². The van der Waals surface area contributed by atoms with E-state index in [9.17, 15) is 22.4 Å². The number of nitrogens with zero attached hydrogens (tertiary/aromatic N) is 2. The maximum Gasteiger partial charge on any atom is 0.244 e. The number of hydrogen-bond acceptors (Lipinski definition) is 5. The van der Waals surface area contributed by atoms with E-state index in [0.29, 0.717) is 0 Å². The van der Waals surface area contributed by atoms with E-state index in [1.54, 1.807) is 50.2 Å². The molecule has 1 N–H and O–H groups in total. The van der Waals surface area contributed by atoms with Gasteiger partial charge in [-0.25, -0.2) is 12.8 Å². The molecule has 0 heterocycles. The number of rotatable bonds is 10. The summed E-state index contributed by atoms with van der Waals surface area (Å²) < 4.78 is 46.5. The van der Waals surface area contributed by atoms with Gasteiger partial charge in [-0.1, -0.05) is 43.5 Å². The summed E-state index contributed by atoms with van der Waals surface area (Å²) in [5.41, 5.74) is 1.22. The van der Waals surface area contributed by atoms with Gasteiger partial charge in [-0.05, 0) is 50.5 Å². The molecule has 0 saturated heterocycles. The monoisotopic (exact) mass is 533 g/mol. The van der Waals surface area contributed by atoms with E-state index in [4.69, 9.17) is 4.74 Å². The zero-order valence-electron chi connectivity index (χ0n) is 21.9. The average molecular weight is 534 g/mol. The molecule has 10 heteroatoms. The molecule has 202 valence electrons. The molecule has 0 bridgehead atoms. The van der Waals surface area contributed by atoms with E-state index in [-0.39, 0.29) is 35.5 Å². The van der Waals surface area contributed by atoms with Crippen molar-refractivity contribution in [1.82, 2.24) is 10.2 Å². The Kier molecular flexibility index (Phi) is 9.53. The maximum absolute atomic E-state index is 14.5. The number of carbonyl (C=O) groups excluding carboxylic acids is 2. The molecule has 8 nitrogen and oxygen atoms in total. The van der Waals surface area contributed by atoms with Gasteiger partial charge in [0.2, 0.25) is 21.8 Å². The molecule has 0 radical (unpaired) electrons. The van der Waals surface area contributed by atoms with Crippen molar-refractivity contribution in [2.24, 2.45) is 0 Å². The zero-order valence-corrected chi connectivity index (χ0v) is 22.7. The molecular formula is C27H36FN3O5S. The van der Waals surface area contributed by atoms with Crippen LogP contribution in [0.1, 0.15) is 50.2 Å². The van der Waals surface area contributed by atoms with Gasteiger partial charge >= 0.3 is 0 Å². The highest BCUT2D eigenvalue weighted by molar-refractivity contribution is 7.92. The third-order valence-electron chi connectivity index (χ3n) is 6.70. The van der Waals surface area contributed by atoms with Gasteiger partial charge in [0.25, 0.3) is 0 Å². The van der Waals surface area contributed by atoms with Crippen LogP contribution < -0.4 is 14.4 Å². The minimum absolute atomic E-state index is 0.0261. The van der Waals surface area contributed by atoms with E-state index in [0.717, 1.165) is 48.2 Å². The highest BCUT2D eigenvalue weighted by Gasteiger charge is 2.32. The van der Waals surface area contributed by atoms with Gasteiger partial charge in [-0.15, -0.1) is 0 Å². The van der Waals surface area contributed by atoms with Crippen LogP contribution in [-0.2, 0) is 26.2 Å². The molecule has 0 aliphatic heterocycles. The Labute approximate surface area is 218 Å². The van der Waals surface area contributed by atoms with E-state index in [1.807, 2.05) is 0 Å². The van der Waals surface area contributed by atoms with Crippen LogP contribution in [0.3, 0.4) is 0 Å². The Morgan fingerprint density at radius 2 is 1.81 bits per heavy atom. The number of benzene rings is 2. The van der Waals surface area contributed by atoms with Crippen LogP contribution in [0.5, 0.6) is 5.75 Å². The van der Waals surface area contributed by atoms with Crippen LogP contribution in [0.25, 0.3) is 0 Å². The Bertz CT molecular complexity index is 1210.